The summed E-state index contributed by atoms with van der Waals surface area (Å²) in [5.74, 6) is 0. The average molecular weight is 288 g/mol. The Morgan fingerprint density at radius 3 is 2.40 bits per heavy atom. The lowest BCUT2D eigenvalue weighted by molar-refractivity contribution is 0.602. The molecule has 20 heavy (non-hydrogen) atoms. The van der Waals surface area contributed by atoms with Crippen LogP contribution >= 0.6 is 0 Å². The molecule has 1 aromatic heterocycles. The van der Waals surface area contributed by atoms with E-state index < -0.39 is 9.84 Å². The van der Waals surface area contributed by atoms with Crippen LogP contribution < -0.4 is 0 Å². The molecule has 104 valence electrons. The number of hydrogen-bond donors (Lipinski definition) is 0. The Morgan fingerprint density at radius 2 is 1.85 bits per heavy atom. The van der Waals surface area contributed by atoms with Gasteiger partial charge >= 0.3 is 0 Å². The van der Waals surface area contributed by atoms with Crippen molar-refractivity contribution in [3.63, 3.8) is 0 Å². The van der Waals surface area contributed by atoms with Gasteiger partial charge in [0.05, 0.1) is 10.6 Å². The standard InChI is InChI=1S/C15H16N2O2S/c1-11-9-17-15(8-13(11)10-16-2)12-4-6-14(7-5-12)20(3,18)19/h4-10H,1-3H3. The number of pyridine rings is 1. The van der Waals surface area contributed by atoms with Crippen LogP contribution in [0.5, 0.6) is 0 Å². The molecule has 1 heterocycles. The van der Waals surface area contributed by atoms with Gasteiger partial charge in [-0.25, -0.2) is 8.42 Å². The highest BCUT2D eigenvalue weighted by Crippen LogP contribution is 2.21. The Morgan fingerprint density at radius 1 is 1.20 bits per heavy atom. The molecular weight excluding hydrogens is 272 g/mol. The number of hydrogen-bond acceptors (Lipinski definition) is 4. The minimum Gasteiger partial charge on any atom is -0.296 e. The van der Waals surface area contributed by atoms with Crippen LogP contribution in [-0.2, 0) is 9.84 Å². The first-order valence-corrected chi connectivity index (χ1v) is 8.00. The zero-order valence-electron chi connectivity index (χ0n) is 11.7. The summed E-state index contributed by atoms with van der Waals surface area (Å²) in [6, 6.07) is 8.67. The Balaban J connectivity index is 2.44. The molecule has 0 N–H and O–H groups in total. The topological polar surface area (TPSA) is 59.4 Å². The van der Waals surface area contributed by atoms with Gasteiger partial charge in [0.15, 0.2) is 9.84 Å². The summed E-state index contributed by atoms with van der Waals surface area (Å²) < 4.78 is 22.9. The smallest absolute Gasteiger partial charge is 0.175 e. The number of benzene rings is 1. The Kier molecular flexibility index (Phi) is 3.99. The van der Waals surface area contributed by atoms with Crippen LogP contribution in [0.1, 0.15) is 11.1 Å². The van der Waals surface area contributed by atoms with E-state index in [4.69, 9.17) is 0 Å². The lowest BCUT2D eigenvalue weighted by Gasteiger charge is -2.05. The molecule has 0 amide bonds. The Bertz CT molecular complexity index is 748. The summed E-state index contributed by atoms with van der Waals surface area (Å²) in [6.45, 7) is 1.97. The maximum Gasteiger partial charge on any atom is 0.175 e. The molecule has 0 radical (unpaired) electrons. The normalized spacial score (nSPS) is 11.9. The number of aryl methyl sites for hydroxylation is 1. The second-order valence-electron chi connectivity index (χ2n) is 4.61. The quantitative estimate of drug-likeness (QED) is 0.815. The lowest BCUT2D eigenvalue weighted by atomic mass is 10.1. The Labute approximate surface area is 119 Å². The van der Waals surface area contributed by atoms with Crippen molar-refractivity contribution in [2.24, 2.45) is 4.99 Å². The fraction of sp³-hybridized carbons (Fsp3) is 0.200. The van der Waals surface area contributed by atoms with Crippen LogP contribution in [0.3, 0.4) is 0 Å². The highest BCUT2D eigenvalue weighted by Gasteiger charge is 2.08. The van der Waals surface area contributed by atoms with Crippen molar-refractivity contribution in [3.05, 3.63) is 47.7 Å². The van der Waals surface area contributed by atoms with Gasteiger partial charge in [0.1, 0.15) is 0 Å². The highest BCUT2D eigenvalue weighted by atomic mass is 32.2. The van der Waals surface area contributed by atoms with E-state index in [1.165, 1.54) is 6.26 Å². The average Bonchev–Trinajstić information content (AvgIpc) is 2.41. The van der Waals surface area contributed by atoms with Crippen LogP contribution in [0.2, 0.25) is 0 Å². The molecule has 0 unspecified atom stereocenters. The monoisotopic (exact) mass is 288 g/mol. The SMILES string of the molecule is CN=Cc1cc(-c2ccc(S(C)(=O)=O)cc2)ncc1C. The molecule has 0 fully saturated rings. The van der Waals surface area contributed by atoms with Gasteiger partial charge in [0.25, 0.3) is 0 Å². The zero-order valence-corrected chi connectivity index (χ0v) is 12.5. The molecule has 4 nitrogen and oxygen atoms in total. The van der Waals surface area contributed by atoms with Crippen LogP contribution in [0.15, 0.2) is 46.4 Å². The first-order valence-electron chi connectivity index (χ1n) is 6.11. The number of aliphatic imine (C=N–C) groups is 1. The molecule has 2 aromatic rings. The van der Waals surface area contributed by atoms with Crippen LogP contribution in [-0.4, -0.2) is 32.9 Å². The van der Waals surface area contributed by atoms with Crippen LogP contribution in [0, 0.1) is 6.92 Å². The van der Waals surface area contributed by atoms with E-state index in [9.17, 15) is 8.42 Å². The van der Waals surface area contributed by atoms with Crippen LogP contribution in [0.25, 0.3) is 11.3 Å². The molecule has 0 saturated carbocycles. The third-order valence-electron chi connectivity index (χ3n) is 2.99. The van der Waals surface area contributed by atoms with E-state index >= 15 is 0 Å². The first kappa shape index (κ1) is 14.4. The Hall–Kier alpha value is -2.01. The van der Waals surface area contributed by atoms with Gasteiger partial charge in [-0.05, 0) is 36.2 Å². The maximum absolute atomic E-state index is 11.4. The maximum atomic E-state index is 11.4. The fourth-order valence-electron chi connectivity index (χ4n) is 1.85. The second-order valence-corrected chi connectivity index (χ2v) is 6.63. The molecule has 0 aliphatic carbocycles. The first-order chi connectivity index (χ1) is 9.41. The molecular formula is C15H16N2O2S. The van der Waals surface area contributed by atoms with Crippen molar-refractivity contribution in [2.45, 2.75) is 11.8 Å². The fourth-order valence-corrected chi connectivity index (χ4v) is 2.48. The van der Waals surface area contributed by atoms with Crippen molar-refractivity contribution < 1.29 is 8.42 Å². The van der Waals surface area contributed by atoms with E-state index in [1.807, 2.05) is 13.0 Å². The third-order valence-corrected chi connectivity index (χ3v) is 4.12. The highest BCUT2D eigenvalue weighted by molar-refractivity contribution is 7.90. The van der Waals surface area contributed by atoms with Crippen molar-refractivity contribution in [1.82, 2.24) is 4.98 Å². The van der Waals surface area contributed by atoms with Gasteiger partial charge in [0.2, 0.25) is 0 Å². The van der Waals surface area contributed by atoms with E-state index in [0.29, 0.717) is 4.90 Å². The number of sulfone groups is 1. The molecule has 0 aliphatic rings. The minimum absolute atomic E-state index is 0.309. The molecule has 1 aromatic carbocycles. The van der Waals surface area contributed by atoms with Gasteiger partial charge < -0.3 is 0 Å². The van der Waals surface area contributed by atoms with E-state index in [0.717, 1.165) is 22.4 Å². The van der Waals surface area contributed by atoms with Gasteiger partial charge in [0, 0.05) is 31.3 Å². The van der Waals surface area contributed by atoms with Crippen molar-refractivity contribution >= 4 is 16.1 Å². The number of rotatable bonds is 3. The molecule has 0 aliphatic heterocycles. The van der Waals surface area contributed by atoms with Gasteiger partial charge in [-0.15, -0.1) is 0 Å². The number of aromatic nitrogens is 1. The molecule has 0 atom stereocenters. The lowest BCUT2D eigenvalue weighted by Crippen LogP contribution is -1.97. The van der Waals surface area contributed by atoms with Crippen molar-refractivity contribution in [1.29, 1.82) is 0 Å². The molecule has 0 spiro atoms. The summed E-state index contributed by atoms with van der Waals surface area (Å²) in [6.07, 6.45) is 4.77. The number of nitrogens with zero attached hydrogens (tertiary/aromatic N) is 2. The summed E-state index contributed by atoms with van der Waals surface area (Å²) >= 11 is 0. The zero-order chi connectivity index (χ0) is 14.8. The summed E-state index contributed by atoms with van der Waals surface area (Å²) in [7, 11) is -1.44. The summed E-state index contributed by atoms with van der Waals surface area (Å²) in [4.78, 5) is 8.70. The third kappa shape index (κ3) is 3.11. The molecule has 0 saturated heterocycles. The minimum atomic E-state index is -3.17. The van der Waals surface area contributed by atoms with E-state index in [2.05, 4.69) is 9.98 Å². The van der Waals surface area contributed by atoms with Gasteiger partial charge in [-0.3, -0.25) is 9.98 Å². The van der Waals surface area contributed by atoms with E-state index in [-0.39, 0.29) is 0 Å². The predicted molar refractivity (Wildman–Crippen MR) is 81.0 cm³/mol. The summed E-state index contributed by atoms with van der Waals surface area (Å²) in [5.41, 5.74) is 3.73. The van der Waals surface area contributed by atoms with Crippen molar-refractivity contribution in [2.75, 3.05) is 13.3 Å². The van der Waals surface area contributed by atoms with Gasteiger partial charge in [-0.2, -0.15) is 0 Å². The predicted octanol–water partition coefficient (Wildman–Crippen LogP) is 2.51. The molecule has 2 rings (SSSR count). The van der Waals surface area contributed by atoms with E-state index in [1.54, 1.807) is 43.7 Å². The van der Waals surface area contributed by atoms with Crippen LogP contribution in [0.4, 0.5) is 0 Å². The van der Waals surface area contributed by atoms with Crippen molar-refractivity contribution in [3.8, 4) is 11.3 Å². The molecule has 0 bridgehead atoms. The van der Waals surface area contributed by atoms with Gasteiger partial charge in [-0.1, -0.05) is 12.1 Å². The summed E-state index contributed by atoms with van der Waals surface area (Å²) in [5, 5.41) is 0. The molecule has 5 heteroatoms. The largest absolute Gasteiger partial charge is 0.296 e. The second kappa shape index (κ2) is 5.54.